The number of carbonyl (C=O) groups is 1. The summed E-state index contributed by atoms with van der Waals surface area (Å²) in [6, 6.07) is 6.98. The quantitative estimate of drug-likeness (QED) is 0.558. The van der Waals surface area contributed by atoms with Crippen LogP contribution in [0.1, 0.15) is 54.9 Å². The third-order valence-electron chi connectivity index (χ3n) is 4.62. The summed E-state index contributed by atoms with van der Waals surface area (Å²) in [5.41, 5.74) is -0.213. The second kappa shape index (κ2) is 8.97. The first-order valence-corrected chi connectivity index (χ1v) is 10.4. The zero-order valence-electron chi connectivity index (χ0n) is 16.1. The van der Waals surface area contributed by atoms with Crippen LogP contribution in [0.3, 0.4) is 0 Å². The first-order chi connectivity index (χ1) is 13.6. The number of hydrogen-bond acceptors (Lipinski definition) is 6. The molecule has 7 nitrogen and oxygen atoms in total. The van der Waals surface area contributed by atoms with E-state index < -0.39 is 11.5 Å². The monoisotopic (exact) mass is 400 g/mol. The smallest absolute Gasteiger partial charge is 0.267 e. The van der Waals surface area contributed by atoms with Gasteiger partial charge in [-0.15, -0.1) is 10.2 Å². The fourth-order valence-electron chi connectivity index (χ4n) is 3.18. The Labute approximate surface area is 167 Å². The Balaban J connectivity index is 1.84. The van der Waals surface area contributed by atoms with E-state index in [1.54, 1.807) is 24.3 Å². The van der Waals surface area contributed by atoms with E-state index in [1.807, 2.05) is 6.92 Å². The molecule has 0 unspecified atom stereocenters. The lowest BCUT2D eigenvalue weighted by molar-refractivity contribution is 0.102. The minimum Gasteiger partial charge on any atom is -0.506 e. The maximum Gasteiger partial charge on any atom is 0.267 e. The Morgan fingerprint density at radius 3 is 2.71 bits per heavy atom. The van der Waals surface area contributed by atoms with Crippen LogP contribution >= 0.6 is 11.3 Å². The highest BCUT2D eigenvalue weighted by molar-refractivity contribution is 7.15. The molecule has 2 aromatic heterocycles. The SMILES string of the molecule is CCCCCCc1nnc(NC(=O)c2c(O)c3ccccc3n(CC)c2=O)s1. The molecule has 2 heterocycles. The van der Waals surface area contributed by atoms with Crippen molar-refractivity contribution in [1.82, 2.24) is 14.8 Å². The average molecular weight is 401 g/mol. The average Bonchev–Trinajstić information content (AvgIpc) is 3.13. The molecule has 0 radical (unpaired) electrons. The lowest BCUT2D eigenvalue weighted by Gasteiger charge is -2.12. The number of rotatable bonds is 8. The van der Waals surface area contributed by atoms with Gasteiger partial charge in [0.05, 0.1) is 5.52 Å². The molecule has 3 aromatic rings. The summed E-state index contributed by atoms with van der Waals surface area (Å²) in [5, 5.41) is 22.9. The van der Waals surface area contributed by atoms with Crippen LogP contribution in [0.15, 0.2) is 29.1 Å². The molecule has 0 bridgehead atoms. The highest BCUT2D eigenvalue weighted by Gasteiger charge is 2.22. The molecule has 1 amide bonds. The maximum absolute atomic E-state index is 12.8. The van der Waals surface area contributed by atoms with Crippen LogP contribution < -0.4 is 10.9 Å². The summed E-state index contributed by atoms with van der Waals surface area (Å²) in [6.45, 7) is 4.37. The van der Waals surface area contributed by atoms with Gasteiger partial charge in [-0.3, -0.25) is 14.9 Å². The first kappa shape index (κ1) is 20.0. The standard InChI is InChI=1S/C20H24N4O3S/c1-3-5-6-7-12-15-22-23-20(28-15)21-18(26)16-17(25)13-10-8-9-11-14(13)24(4-2)19(16)27/h8-11,25H,3-7,12H2,1-2H3,(H,21,23,26). The fourth-order valence-corrected chi connectivity index (χ4v) is 3.95. The van der Waals surface area contributed by atoms with Crippen LogP contribution in [0.5, 0.6) is 5.75 Å². The van der Waals surface area contributed by atoms with Gasteiger partial charge in [0.25, 0.3) is 11.5 Å². The van der Waals surface area contributed by atoms with E-state index in [4.69, 9.17) is 0 Å². The van der Waals surface area contributed by atoms with Gasteiger partial charge in [0, 0.05) is 18.4 Å². The number of pyridine rings is 1. The Kier molecular flexibility index (Phi) is 6.41. The highest BCUT2D eigenvalue weighted by Crippen LogP contribution is 2.27. The van der Waals surface area contributed by atoms with Gasteiger partial charge in [0.15, 0.2) is 0 Å². The minimum absolute atomic E-state index is 0.278. The van der Waals surface area contributed by atoms with Crippen LogP contribution in [0, 0.1) is 0 Å². The van der Waals surface area contributed by atoms with Crippen molar-refractivity contribution in [2.75, 3.05) is 5.32 Å². The molecule has 28 heavy (non-hydrogen) atoms. The number of carbonyl (C=O) groups excluding carboxylic acids is 1. The van der Waals surface area contributed by atoms with Gasteiger partial charge in [0.2, 0.25) is 5.13 Å². The molecule has 0 aliphatic carbocycles. The summed E-state index contributed by atoms with van der Waals surface area (Å²) in [4.78, 5) is 25.5. The van der Waals surface area contributed by atoms with E-state index in [1.165, 1.54) is 28.7 Å². The third-order valence-corrected chi connectivity index (χ3v) is 5.52. The van der Waals surface area contributed by atoms with Crippen molar-refractivity contribution in [3.8, 4) is 5.75 Å². The van der Waals surface area contributed by atoms with Gasteiger partial charge >= 0.3 is 0 Å². The van der Waals surface area contributed by atoms with Crippen molar-refractivity contribution < 1.29 is 9.90 Å². The molecule has 0 aliphatic heterocycles. The lowest BCUT2D eigenvalue weighted by atomic mass is 10.1. The van der Waals surface area contributed by atoms with E-state index >= 15 is 0 Å². The number of aromatic nitrogens is 3. The zero-order chi connectivity index (χ0) is 20.1. The number of anilines is 1. The number of aromatic hydroxyl groups is 1. The van der Waals surface area contributed by atoms with E-state index in [9.17, 15) is 14.7 Å². The van der Waals surface area contributed by atoms with Crippen molar-refractivity contribution >= 4 is 33.3 Å². The van der Waals surface area contributed by atoms with Crippen molar-refractivity contribution in [2.45, 2.75) is 52.5 Å². The molecule has 0 atom stereocenters. The van der Waals surface area contributed by atoms with Crippen molar-refractivity contribution in [3.63, 3.8) is 0 Å². The largest absolute Gasteiger partial charge is 0.506 e. The van der Waals surface area contributed by atoms with Crippen molar-refractivity contribution in [1.29, 1.82) is 0 Å². The number of nitrogens with one attached hydrogen (secondary N) is 1. The summed E-state index contributed by atoms with van der Waals surface area (Å²) in [5.74, 6) is -0.990. The first-order valence-electron chi connectivity index (χ1n) is 9.55. The molecule has 148 valence electrons. The predicted molar refractivity (Wildman–Crippen MR) is 111 cm³/mol. The number of aryl methyl sites for hydroxylation is 2. The topological polar surface area (TPSA) is 97.1 Å². The van der Waals surface area contributed by atoms with Crippen LogP contribution in [0.4, 0.5) is 5.13 Å². The summed E-state index contributed by atoms with van der Waals surface area (Å²) in [6.07, 6.45) is 5.34. The second-order valence-corrected chi connectivity index (χ2v) is 7.62. The minimum atomic E-state index is -0.677. The molecule has 0 saturated carbocycles. The number of unbranched alkanes of at least 4 members (excludes halogenated alkanes) is 3. The lowest BCUT2D eigenvalue weighted by Crippen LogP contribution is -2.29. The third kappa shape index (κ3) is 4.06. The Bertz CT molecular complexity index is 1040. The Morgan fingerprint density at radius 2 is 1.96 bits per heavy atom. The fraction of sp³-hybridized carbons (Fsp3) is 0.400. The van der Waals surface area contributed by atoms with Crippen LogP contribution in [-0.2, 0) is 13.0 Å². The van der Waals surface area contributed by atoms with Gasteiger partial charge < -0.3 is 9.67 Å². The predicted octanol–water partition coefficient (Wildman–Crippen LogP) is 3.95. The van der Waals surface area contributed by atoms with E-state index in [-0.39, 0.29) is 11.3 Å². The molecule has 1 aromatic carbocycles. The number of benzene rings is 1. The normalized spacial score (nSPS) is 11.1. The molecule has 0 aliphatic rings. The molecule has 0 saturated heterocycles. The molecule has 2 N–H and O–H groups in total. The number of nitrogens with zero attached hydrogens (tertiary/aromatic N) is 3. The van der Waals surface area contributed by atoms with Gasteiger partial charge in [-0.2, -0.15) is 0 Å². The van der Waals surface area contributed by atoms with Crippen molar-refractivity contribution in [3.05, 3.63) is 45.2 Å². The molecular formula is C20H24N4O3S. The summed E-state index contributed by atoms with van der Waals surface area (Å²) < 4.78 is 1.48. The summed E-state index contributed by atoms with van der Waals surface area (Å²) in [7, 11) is 0. The Morgan fingerprint density at radius 1 is 1.18 bits per heavy atom. The maximum atomic E-state index is 12.8. The van der Waals surface area contributed by atoms with E-state index in [0.29, 0.717) is 22.6 Å². The van der Waals surface area contributed by atoms with E-state index in [2.05, 4.69) is 22.4 Å². The van der Waals surface area contributed by atoms with Gasteiger partial charge in [-0.25, -0.2) is 0 Å². The highest BCUT2D eigenvalue weighted by atomic mass is 32.1. The van der Waals surface area contributed by atoms with Crippen LogP contribution in [0.2, 0.25) is 0 Å². The van der Waals surface area contributed by atoms with Crippen LogP contribution in [-0.4, -0.2) is 25.8 Å². The van der Waals surface area contributed by atoms with Gasteiger partial charge in [-0.05, 0) is 25.5 Å². The number of fused-ring (bicyclic) bond motifs is 1. The molecule has 3 rings (SSSR count). The second-order valence-electron chi connectivity index (χ2n) is 6.56. The molecule has 0 fully saturated rings. The summed E-state index contributed by atoms with van der Waals surface area (Å²) >= 11 is 1.29. The Hall–Kier alpha value is -2.74. The molecule has 0 spiro atoms. The van der Waals surface area contributed by atoms with Gasteiger partial charge in [0.1, 0.15) is 16.3 Å². The number of amides is 1. The van der Waals surface area contributed by atoms with Crippen LogP contribution in [0.25, 0.3) is 10.9 Å². The molecule has 8 heteroatoms. The number of para-hydroxylation sites is 1. The van der Waals surface area contributed by atoms with E-state index in [0.717, 1.165) is 24.3 Å². The number of hydrogen-bond donors (Lipinski definition) is 2. The molecular weight excluding hydrogens is 376 g/mol. The van der Waals surface area contributed by atoms with Crippen molar-refractivity contribution in [2.24, 2.45) is 0 Å². The zero-order valence-corrected chi connectivity index (χ0v) is 16.9. The van der Waals surface area contributed by atoms with Gasteiger partial charge in [-0.1, -0.05) is 49.7 Å².